The minimum Gasteiger partial charge on any atom is -0.326 e. The normalized spacial score (nSPS) is 10.1. The SMILES string of the molecule is CC(=O)Nc1ccc(NC(=O)CSc2ccccc2F)cc1. The fourth-order valence-electron chi connectivity index (χ4n) is 1.74. The molecule has 0 spiro atoms. The number of hydrogen-bond donors (Lipinski definition) is 2. The van der Waals surface area contributed by atoms with Gasteiger partial charge in [0.1, 0.15) is 5.82 Å². The van der Waals surface area contributed by atoms with Crippen LogP contribution in [-0.2, 0) is 9.59 Å². The molecular weight excluding hydrogens is 303 g/mol. The van der Waals surface area contributed by atoms with Gasteiger partial charge in [0.05, 0.1) is 5.75 Å². The number of amides is 2. The first-order valence-electron chi connectivity index (χ1n) is 6.59. The summed E-state index contributed by atoms with van der Waals surface area (Å²) in [6.45, 7) is 1.43. The molecule has 4 nitrogen and oxygen atoms in total. The molecule has 2 amide bonds. The first kappa shape index (κ1) is 16.0. The summed E-state index contributed by atoms with van der Waals surface area (Å²) in [5.74, 6) is -0.590. The van der Waals surface area contributed by atoms with E-state index in [0.717, 1.165) is 11.8 Å². The molecule has 0 saturated carbocycles. The molecule has 2 rings (SSSR count). The van der Waals surface area contributed by atoms with Crippen LogP contribution in [-0.4, -0.2) is 17.6 Å². The fraction of sp³-hybridized carbons (Fsp3) is 0.125. The van der Waals surface area contributed by atoms with Crippen LogP contribution >= 0.6 is 11.8 Å². The monoisotopic (exact) mass is 318 g/mol. The molecule has 114 valence electrons. The van der Waals surface area contributed by atoms with E-state index in [1.807, 2.05) is 0 Å². The molecule has 2 N–H and O–H groups in total. The van der Waals surface area contributed by atoms with Gasteiger partial charge in [-0.05, 0) is 36.4 Å². The molecule has 0 radical (unpaired) electrons. The van der Waals surface area contributed by atoms with Crippen molar-refractivity contribution >= 4 is 35.0 Å². The van der Waals surface area contributed by atoms with Gasteiger partial charge in [-0.1, -0.05) is 12.1 Å². The summed E-state index contributed by atoms with van der Waals surface area (Å²) in [5.41, 5.74) is 1.28. The second-order valence-corrected chi connectivity index (χ2v) is 5.54. The quantitative estimate of drug-likeness (QED) is 0.829. The maximum atomic E-state index is 13.4. The van der Waals surface area contributed by atoms with Gasteiger partial charge in [0, 0.05) is 23.2 Å². The Kier molecular flexibility index (Phi) is 5.55. The lowest BCUT2D eigenvalue weighted by atomic mass is 10.3. The van der Waals surface area contributed by atoms with E-state index >= 15 is 0 Å². The number of halogens is 1. The van der Waals surface area contributed by atoms with Crippen molar-refractivity contribution in [1.82, 2.24) is 0 Å². The average molecular weight is 318 g/mol. The van der Waals surface area contributed by atoms with Crippen LogP contribution in [0, 0.1) is 5.82 Å². The molecule has 0 atom stereocenters. The van der Waals surface area contributed by atoms with Crippen molar-refractivity contribution < 1.29 is 14.0 Å². The zero-order valence-electron chi connectivity index (χ0n) is 11.9. The molecule has 0 aromatic heterocycles. The Hall–Kier alpha value is -2.34. The van der Waals surface area contributed by atoms with Crippen LogP contribution in [0.3, 0.4) is 0 Å². The van der Waals surface area contributed by atoms with Crippen molar-refractivity contribution in [2.45, 2.75) is 11.8 Å². The van der Waals surface area contributed by atoms with E-state index in [0.29, 0.717) is 16.3 Å². The molecule has 0 saturated heterocycles. The number of thioether (sulfide) groups is 1. The summed E-state index contributed by atoms with van der Waals surface area (Å²) in [5, 5.41) is 5.36. The van der Waals surface area contributed by atoms with E-state index in [2.05, 4.69) is 10.6 Å². The second-order valence-electron chi connectivity index (χ2n) is 4.53. The summed E-state index contributed by atoms with van der Waals surface area (Å²) in [7, 11) is 0. The van der Waals surface area contributed by atoms with E-state index < -0.39 is 0 Å². The summed E-state index contributed by atoms with van der Waals surface area (Å²) in [6.07, 6.45) is 0. The van der Waals surface area contributed by atoms with Crippen LogP contribution in [0.25, 0.3) is 0 Å². The van der Waals surface area contributed by atoms with E-state index in [1.54, 1.807) is 42.5 Å². The summed E-state index contributed by atoms with van der Waals surface area (Å²) in [6, 6.07) is 13.1. The van der Waals surface area contributed by atoms with Crippen molar-refractivity contribution in [3.63, 3.8) is 0 Å². The summed E-state index contributed by atoms with van der Waals surface area (Å²) < 4.78 is 13.4. The largest absolute Gasteiger partial charge is 0.326 e. The van der Waals surface area contributed by atoms with Crippen LogP contribution in [0.5, 0.6) is 0 Å². The van der Waals surface area contributed by atoms with E-state index in [1.165, 1.54) is 13.0 Å². The Morgan fingerprint density at radius 2 is 1.59 bits per heavy atom. The van der Waals surface area contributed by atoms with E-state index in [9.17, 15) is 14.0 Å². The lowest BCUT2D eigenvalue weighted by Gasteiger charge is -2.07. The van der Waals surface area contributed by atoms with Gasteiger partial charge in [0.2, 0.25) is 11.8 Å². The van der Waals surface area contributed by atoms with Gasteiger partial charge >= 0.3 is 0 Å². The molecule has 0 aliphatic rings. The first-order chi connectivity index (χ1) is 10.5. The van der Waals surface area contributed by atoms with Crippen molar-refractivity contribution in [3.05, 3.63) is 54.3 Å². The van der Waals surface area contributed by atoms with Crippen LogP contribution in [0.4, 0.5) is 15.8 Å². The Morgan fingerprint density at radius 3 is 2.18 bits per heavy atom. The molecule has 0 heterocycles. The highest BCUT2D eigenvalue weighted by atomic mass is 32.2. The zero-order chi connectivity index (χ0) is 15.9. The fourth-order valence-corrected chi connectivity index (χ4v) is 2.48. The molecular formula is C16H15FN2O2S. The Morgan fingerprint density at radius 1 is 1.00 bits per heavy atom. The standard InChI is InChI=1S/C16H15FN2O2S/c1-11(20)18-12-6-8-13(9-7-12)19-16(21)10-22-15-5-3-2-4-14(15)17/h2-9H,10H2,1H3,(H,18,20)(H,19,21). The smallest absolute Gasteiger partial charge is 0.234 e. The number of carbonyl (C=O) groups is 2. The van der Waals surface area contributed by atoms with Gasteiger partial charge in [-0.3, -0.25) is 9.59 Å². The van der Waals surface area contributed by atoms with Crippen molar-refractivity contribution in [2.75, 3.05) is 16.4 Å². The zero-order valence-corrected chi connectivity index (χ0v) is 12.7. The van der Waals surface area contributed by atoms with Crippen molar-refractivity contribution in [2.24, 2.45) is 0 Å². The molecule has 0 fully saturated rings. The van der Waals surface area contributed by atoms with Gasteiger partial charge in [-0.2, -0.15) is 0 Å². The van der Waals surface area contributed by atoms with E-state index in [-0.39, 0.29) is 23.4 Å². The highest BCUT2D eigenvalue weighted by Gasteiger charge is 2.07. The average Bonchev–Trinajstić information content (AvgIpc) is 2.48. The Bertz CT molecular complexity index is 674. The molecule has 2 aromatic rings. The maximum absolute atomic E-state index is 13.4. The lowest BCUT2D eigenvalue weighted by Crippen LogP contribution is -2.14. The van der Waals surface area contributed by atoms with Crippen LogP contribution in [0.1, 0.15) is 6.92 Å². The lowest BCUT2D eigenvalue weighted by molar-refractivity contribution is -0.114. The van der Waals surface area contributed by atoms with Gasteiger partial charge < -0.3 is 10.6 Å². The highest BCUT2D eigenvalue weighted by Crippen LogP contribution is 2.21. The Balaban J connectivity index is 1.87. The third-order valence-electron chi connectivity index (χ3n) is 2.68. The third-order valence-corrected chi connectivity index (χ3v) is 3.73. The van der Waals surface area contributed by atoms with Gasteiger partial charge in [0.25, 0.3) is 0 Å². The predicted molar refractivity (Wildman–Crippen MR) is 86.5 cm³/mol. The maximum Gasteiger partial charge on any atom is 0.234 e. The number of rotatable bonds is 5. The molecule has 0 aliphatic carbocycles. The van der Waals surface area contributed by atoms with Crippen LogP contribution in [0.15, 0.2) is 53.4 Å². The molecule has 0 unspecified atom stereocenters. The first-order valence-corrected chi connectivity index (χ1v) is 7.58. The van der Waals surface area contributed by atoms with Gasteiger partial charge in [0.15, 0.2) is 0 Å². The van der Waals surface area contributed by atoms with Gasteiger partial charge in [-0.15, -0.1) is 11.8 Å². The van der Waals surface area contributed by atoms with Crippen LogP contribution in [0.2, 0.25) is 0 Å². The number of anilines is 2. The topological polar surface area (TPSA) is 58.2 Å². The van der Waals surface area contributed by atoms with E-state index in [4.69, 9.17) is 0 Å². The third kappa shape index (κ3) is 4.89. The number of hydrogen-bond acceptors (Lipinski definition) is 3. The molecule has 0 bridgehead atoms. The minimum atomic E-state index is -0.333. The van der Waals surface area contributed by atoms with Crippen LogP contribution < -0.4 is 10.6 Å². The molecule has 6 heteroatoms. The van der Waals surface area contributed by atoms with Crippen molar-refractivity contribution in [1.29, 1.82) is 0 Å². The number of benzene rings is 2. The molecule has 2 aromatic carbocycles. The number of carbonyl (C=O) groups excluding carboxylic acids is 2. The minimum absolute atomic E-state index is 0.119. The predicted octanol–water partition coefficient (Wildman–Crippen LogP) is 3.51. The summed E-state index contributed by atoms with van der Waals surface area (Å²) >= 11 is 1.14. The highest BCUT2D eigenvalue weighted by molar-refractivity contribution is 8.00. The molecule has 0 aliphatic heterocycles. The van der Waals surface area contributed by atoms with Crippen molar-refractivity contribution in [3.8, 4) is 0 Å². The Labute approximate surface area is 132 Å². The molecule has 22 heavy (non-hydrogen) atoms. The number of nitrogens with one attached hydrogen (secondary N) is 2. The second kappa shape index (κ2) is 7.61. The van der Waals surface area contributed by atoms with Gasteiger partial charge in [-0.25, -0.2) is 4.39 Å². The summed E-state index contributed by atoms with van der Waals surface area (Å²) in [4.78, 5) is 23.2.